The first-order chi connectivity index (χ1) is 12.3. The van der Waals surface area contributed by atoms with Crippen molar-refractivity contribution in [1.29, 1.82) is 5.26 Å². The van der Waals surface area contributed by atoms with Crippen molar-refractivity contribution in [1.82, 2.24) is 10.2 Å². The average Bonchev–Trinajstić information content (AvgIpc) is 3.09. The van der Waals surface area contributed by atoms with Gasteiger partial charge in [-0.1, -0.05) is 41.3 Å². The number of hydrogen-bond donors (Lipinski definition) is 1. The number of thioether (sulfide) groups is 1. The van der Waals surface area contributed by atoms with Crippen molar-refractivity contribution in [3.63, 3.8) is 0 Å². The number of rotatable bonds is 8. The van der Waals surface area contributed by atoms with Gasteiger partial charge in [0.05, 0.1) is 6.07 Å². The number of nitriles is 1. The molecule has 0 spiro atoms. The summed E-state index contributed by atoms with van der Waals surface area (Å²) in [7, 11) is 0. The van der Waals surface area contributed by atoms with Crippen molar-refractivity contribution in [2.45, 2.75) is 17.2 Å². The Hall–Kier alpha value is -2.56. The number of nitrogens with one attached hydrogen (secondary N) is 1. The van der Waals surface area contributed by atoms with Gasteiger partial charge in [0, 0.05) is 17.9 Å². The lowest BCUT2D eigenvalue weighted by Gasteiger charge is -2.06. The molecule has 3 aromatic rings. The summed E-state index contributed by atoms with van der Waals surface area (Å²) in [4.78, 5) is 0. The summed E-state index contributed by atoms with van der Waals surface area (Å²) in [5.41, 5.74) is 0.928. The molecule has 0 aliphatic rings. The van der Waals surface area contributed by atoms with Gasteiger partial charge in [-0.2, -0.15) is 5.26 Å². The minimum Gasteiger partial charge on any atom is -0.457 e. The number of ether oxygens (including phenoxy) is 1. The van der Waals surface area contributed by atoms with Crippen LogP contribution in [0.15, 0.2) is 58.9 Å². The molecule has 0 unspecified atom stereocenters. The quantitative estimate of drug-likeness (QED) is 0.420. The highest BCUT2D eigenvalue weighted by Crippen LogP contribution is 2.29. The minimum atomic E-state index is 0.578. The molecule has 0 aliphatic heterocycles. The maximum absolute atomic E-state index is 8.53. The highest BCUT2D eigenvalue weighted by molar-refractivity contribution is 8.01. The Morgan fingerprint density at radius 3 is 2.56 bits per heavy atom. The molecule has 1 aromatic heterocycles. The van der Waals surface area contributed by atoms with E-state index in [0.29, 0.717) is 6.42 Å². The maximum atomic E-state index is 8.53. The lowest BCUT2D eigenvalue weighted by molar-refractivity contribution is 0.483. The van der Waals surface area contributed by atoms with Crippen LogP contribution in [0.5, 0.6) is 11.5 Å². The van der Waals surface area contributed by atoms with Crippen LogP contribution in [0.4, 0.5) is 10.8 Å². The Balaban J connectivity index is 1.53. The predicted molar refractivity (Wildman–Crippen MR) is 102 cm³/mol. The van der Waals surface area contributed by atoms with E-state index in [9.17, 15) is 0 Å². The third-order valence-electron chi connectivity index (χ3n) is 3.15. The highest BCUT2D eigenvalue weighted by atomic mass is 32.2. The Labute approximate surface area is 154 Å². The summed E-state index contributed by atoms with van der Waals surface area (Å²) in [6.07, 6.45) is 1.45. The molecule has 0 saturated heterocycles. The van der Waals surface area contributed by atoms with E-state index in [-0.39, 0.29) is 0 Å². The number of unbranched alkanes of at least 4 members (excludes halogenated alkanes) is 1. The van der Waals surface area contributed by atoms with Crippen molar-refractivity contribution in [3.8, 4) is 17.6 Å². The summed E-state index contributed by atoms with van der Waals surface area (Å²) in [6, 6.07) is 19.5. The van der Waals surface area contributed by atoms with E-state index in [1.807, 2.05) is 54.6 Å². The van der Waals surface area contributed by atoms with Crippen LogP contribution in [0, 0.1) is 11.3 Å². The zero-order valence-electron chi connectivity index (χ0n) is 13.4. The summed E-state index contributed by atoms with van der Waals surface area (Å²) >= 11 is 3.14. The molecular formula is C18H16N4OS2. The summed E-state index contributed by atoms with van der Waals surface area (Å²) in [5.74, 6) is 2.47. The number of anilines is 2. The zero-order chi connectivity index (χ0) is 17.3. The molecule has 5 nitrogen and oxygen atoms in total. The van der Waals surface area contributed by atoms with Crippen LogP contribution in [0.2, 0.25) is 0 Å². The molecule has 0 bridgehead atoms. The van der Waals surface area contributed by atoms with E-state index >= 15 is 0 Å². The smallest absolute Gasteiger partial charge is 0.210 e. The number of nitrogens with zero attached hydrogens (tertiary/aromatic N) is 3. The van der Waals surface area contributed by atoms with Gasteiger partial charge >= 0.3 is 0 Å². The fourth-order valence-electron chi connectivity index (χ4n) is 1.98. The summed E-state index contributed by atoms with van der Waals surface area (Å²) < 4.78 is 6.68. The Morgan fingerprint density at radius 1 is 1.04 bits per heavy atom. The van der Waals surface area contributed by atoms with Crippen LogP contribution in [-0.2, 0) is 0 Å². The Morgan fingerprint density at radius 2 is 1.80 bits per heavy atom. The predicted octanol–water partition coefficient (Wildman–Crippen LogP) is 5.47. The number of para-hydroxylation sites is 1. The van der Waals surface area contributed by atoms with Gasteiger partial charge in [0.2, 0.25) is 5.13 Å². The molecule has 25 heavy (non-hydrogen) atoms. The zero-order valence-corrected chi connectivity index (χ0v) is 15.0. The molecule has 1 N–H and O–H groups in total. The van der Waals surface area contributed by atoms with E-state index in [1.165, 1.54) is 11.3 Å². The van der Waals surface area contributed by atoms with Crippen LogP contribution in [-0.4, -0.2) is 16.0 Å². The molecule has 1 heterocycles. The monoisotopic (exact) mass is 368 g/mol. The second kappa shape index (κ2) is 9.06. The molecule has 0 fully saturated rings. The molecule has 3 rings (SSSR count). The van der Waals surface area contributed by atoms with Crippen LogP contribution in [0.1, 0.15) is 12.8 Å². The molecule has 0 radical (unpaired) electrons. The lowest BCUT2D eigenvalue weighted by Crippen LogP contribution is -1.90. The molecule has 7 heteroatoms. The van der Waals surface area contributed by atoms with Gasteiger partial charge in [-0.05, 0) is 42.8 Å². The van der Waals surface area contributed by atoms with Gasteiger partial charge in [0.1, 0.15) is 11.5 Å². The van der Waals surface area contributed by atoms with Crippen LogP contribution < -0.4 is 10.1 Å². The van der Waals surface area contributed by atoms with Crippen molar-refractivity contribution < 1.29 is 4.74 Å². The molecule has 0 aliphatic carbocycles. The van der Waals surface area contributed by atoms with Crippen LogP contribution in [0.25, 0.3) is 0 Å². The molecule has 2 aromatic carbocycles. The van der Waals surface area contributed by atoms with Gasteiger partial charge in [-0.25, -0.2) is 0 Å². The highest BCUT2D eigenvalue weighted by Gasteiger charge is 2.05. The molecular weight excluding hydrogens is 352 g/mol. The molecule has 0 saturated carbocycles. The van der Waals surface area contributed by atoms with Gasteiger partial charge in [-0.3, -0.25) is 0 Å². The van der Waals surface area contributed by atoms with Crippen LogP contribution in [0.3, 0.4) is 0 Å². The second-order valence-electron chi connectivity index (χ2n) is 5.05. The fourth-order valence-corrected chi connectivity index (χ4v) is 3.77. The van der Waals surface area contributed by atoms with E-state index in [4.69, 9.17) is 10.00 Å². The molecule has 126 valence electrons. The SMILES string of the molecule is N#CCCCSc1nnc(Nc2ccc(Oc3ccccc3)cc2)s1. The fraction of sp³-hybridized carbons (Fsp3) is 0.167. The number of benzene rings is 2. The standard InChI is InChI=1S/C18H16N4OS2/c19-12-4-5-13-24-18-22-21-17(25-18)20-14-8-10-16(11-9-14)23-15-6-2-1-3-7-15/h1-3,6-11H,4-5,13H2,(H,20,21). The van der Waals surface area contributed by atoms with Gasteiger partial charge in [0.15, 0.2) is 4.34 Å². The van der Waals surface area contributed by atoms with Gasteiger partial charge < -0.3 is 10.1 Å². The first-order valence-corrected chi connectivity index (χ1v) is 9.57. The number of hydrogen-bond acceptors (Lipinski definition) is 7. The third-order valence-corrected chi connectivity index (χ3v) is 5.21. The topological polar surface area (TPSA) is 70.8 Å². The maximum Gasteiger partial charge on any atom is 0.210 e. The largest absolute Gasteiger partial charge is 0.457 e. The first kappa shape index (κ1) is 17.3. The van der Waals surface area contributed by atoms with Crippen molar-refractivity contribution in [2.24, 2.45) is 0 Å². The minimum absolute atomic E-state index is 0.578. The second-order valence-corrected chi connectivity index (χ2v) is 7.37. The van der Waals surface area contributed by atoms with Crippen LogP contribution >= 0.6 is 23.1 Å². The first-order valence-electron chi connectivity index (χ1n) is 7.77. The Kier molecular flexibility index (Phi) is 6.26. The van der Waals surface area contributed by atoms with Gasteiger partial charge in [-0.15, -0.1) is 10.2 Å². The summed E-state index contributed by atoms with van der Waals surface area (Å²) in [6.45, 7) is 0. The van der Waals surface area contributed by atoms with E-state index < -0.39 is 0 Å². The number of aromatic nitrogens is 2. The summed E-state index contributed by atoms with van der Waals surface area (Å²) in [5, 5.41) is 20.8. The molecule has 0 amide bonds. The normalized spacial score (nSPS) is 10.2. The van der Waals surface area contributed by atoms with Gasteiger partial charge in [0.25, 0.3) is 0 Å². The van der Waals surface area contributed by atoms with E-state index in [1.54, 1.807) is 11.8 Å². The Bertz CT molecular complexity index is 828. The van der Waals surface area contributed by atoms with Crippen molar-refractivity contribution in [2.75, 3.05) is 11.1 Å². The van der Waals surface area contributed by atoms with Crippen molar-refractivity contribution >= 4 is 33.9 Å². The van der Waals surface area contributed by atoms with Crippen molar-refractivity contribution in [3.05, 3.63) is 54.6 Å². The third kappa shape index (κ3) is 5.48. The molecule has 0 atom stereocenters. The van der Waals surface area contributed by atoms with E-state index in [2.05, 4.69) is 21.6 Å². The lowest BCUT2D eigenvalue weighted by atomic mass is 10.3. The van der Waals surface area contributed by atoms with E-state index in [0.717, 1.165) is 38.8 Å². The average molecular weight is 368 g/mol.